The molecule has 0 unspecified atom stereocenters. The van der Waals surface area contributed by atoms with Gasteiger partial charge in [-0.05, 0) is 44.2 Å². The van der Waals surface area contributed by atoms with Crippen LogP contribution in [-0.4, -0.2) is 11.1 Å². The number of alkyl halides is 1. The monoisotopic (exact) mass is 253 g/mol. The molecule has 1 aromatic heterocycles. The zero-order valence-corrected chi connectivity index (χ0v) is 11.2. The summed E-state index contributed by atoms with van der Waals surface area (Å²) in [7, 11) is 0. The first-order chi connectivity index (χ1) is 8.28. The zero-order valence-electron chi connectivity index (χ0n) is 10.4. The van der Waals surface area contributed by atoms with E-state index in [-0.39, 0.29) is 0 Å². The molecule has 3 heteroatoms. The van der Waals surface area contributed by atoms with Gasteiger partial charge in [0.15, 0.2) is 0 Å². The molecule has 2 nitrogen and oxygen atoms in total. The average Bonchev–Trinajstić information content (AvgIpc) is 2.57. The van der Waals surface area contributed by atoms with Gasteiger partial charge in [0, 0.05) is 17.6 Å². The fraction of sp³-hybridized carbons (Fsp3) is 0.643. The van der Waals surface area contributed by atoms with Crippen LogP contribution in [0.1, 0.15) is 49.8 Å². The molecule has 0 spiro atoms. The van der Waals surface area contributed by atoms with Gasteiger partial charge in [0.25, 0.3) is 0 Å². The molecule has 0 N–H and O–H groups in total. The molecule has 1 aliphatic rings. The summed E-state index contributed by atoms with van der Waals surface area (Å²) in [5.41, 5.74) is 2.06. The lowest BCUT2D eigenvalue weighted by Gasteiger charge is -2.16. The molecular formula is C14H20ClNO. The van der Waals surface area contributed by atoms with Crippen LogP contribution in [0.5, 0.6) is 5.88 Å². The summed E-state index contributed by atoms with van der Waals surface area (Å²) in [6.07, 6.45) is 7.90. The number of halogens is 1. The summed E-state index contributed by atoms with van der Waals surface area (Å²) in [5, 5.41) is 0. The minimum Gasteiger partial charge on any atom is -0.474 e. The van der Waals surface area contributed by atoms with Crippen LogP contribution >= 0.6 is 11.6 Å². The quantitative estimate of drug-likeness (QED) is 0.594. The number of ether oxygens (including phenoxy) is 1. The van der Waals surface area contributed by atoms with E-state index in [2.05, 4.69) is 4.98 Å². The maximum absolute atomic E-state index is 5.99. The van der Waals surface area contributed by atoms with Gasteiger partial charge in [0.2, 0.25) is 5.88 Å². The van der Waals surface area contributed by atoms with Gasteiger partial charge in [-0.2, -0.15) is 0 Å². The van der Waals surface area contributed by atoms with Crippen LogP contribution in [0.2, 0.25) is 0 Å². The number of pyridine rings is 1. The Balaban J connectivity index is 2.03. The second-order valence-electron chi connectivity index (χ2n) is 4.82. The van der Waals surface area contributed by atoms with Crippen molar-refractivity contribution < 1.29 is 4.74 Å². The van der Waals surface area contributed by atoms with Crippen LogP contribution in [0.25, 0.3) is 0 Å². The molecule has 1 aromatic rings. The number of nitrogens with zero attached hydrogens (tertiary/aromatic N) is 1. The first-order valence-electron chi connectivity index (χ1n) is 6.48. The Bertz CT molecular complexity index is 359. The van der Waals surface area contributed by atoms with E-state index >= 15 is 0 Å². The smallest absolute Gasteiger partial charge is 0.214 e. The first kappa shape index (κ1) is 12.7. The second kappa shape index (κ2) is 6.25. The van der Waals surface area contributed by atoms with Crippen molar-refractivity contribution in [1.82, 2.24) is 4.98 Å². The van der Waals surface area contributed by atoms with Crippen molar-refractivity contribution in [2.24, 2.45) is 0 Å². The molecule has 0 aliphatic heterocycles. The standard InChI is InChI=1S/C14H20ClNO/c1-11-8-12(10-15)9-14(16-11)17-13-6-4-2-3-5-7-13/h8-9,13H,2-7,10H2,1H3. The third-order valence-electron chi connectivity index (χ3n) is 3.23. The Morgan fingerprint density at radius 1 is 1.24 bits per heavy atom. The van der Waals surface area contributed by atoms with E-state index in [1.165, 1.54) is 25.7 Å². The Morgan fingerprint density at radius 2 is 1.94 bits per heavy atom. The lowest BCUT2D eigenvalue weighted by molar-refractivity contribution is 0.176. The average molecular weight is 254 g/mol. The van der Waals surface area contributed by atoms with Gasteiger partial charge < -0.3 is 4.74 Å². The SMILES string of the molecule is Cc1cc(CCl)cc(OC2CCCCCC2)n1. The lowest BCUT2D eigenvalue weighted by atomic mass is 10.1. The number of hydrogen-bond donors (Lipinski definition) is 0. The highest BCUT2D eigenvalue weighted by atomic mass is 35.5. The van der Waals surface area contributed by atoms with Crippen LogP contribution in [0.4, 0.5) is 0 Å². The van der Waals surface area contributed by atoms with Gasteiger partial charge in [-0.1, -0.05) is 12.8 Å². The molecule has 17 heavy (non-hydrogen) atoms. The predicted octanol–water partition coefficient (Wildman–Crippen LogP) is 4.23. The van der Waals surface area contributed by atoms with Gasteiger partial charge >= 0.3 is 0 Å². The largest absolute Gasteiger partial charge is 0.474 e. The maximum Gasteiger partial charge on any atom is 0.214 e. The van der Waals surface area contributed by atoms with Crippen LogP contribution in [0.3, 0.4) is 0 Å². The summed E-state index contributed by atoms with van der Waals surface area (Å²) in [4.78, 5) is 4.43. The molecule has 94 valence electrons. The highest BCUT2D eigenvalue weighted by Gasteiger charge is 2.14. The molecule has 0 atom stereocenters. The molecule has 2 rings (SSSR count). The summed E-state index contributed by atoms with van der Waals surface area (Å²) in [5.74, 6) is 1.26. The highest BCUT2D eigenvalue weighted by molar-refractivity contribution is 6.17. The van der Waals surface area contributed by atoms with Gasteiger partial charge in [-0.25, -0.2) is 4.98 Å². The summed E-state index contributed by atoms with van der Waals surface area (Å²) < 4.78 is 5.99. The molecule has 1 fully saturated rings. The summed E-state index contributed by atoms with van der Waals surface area (Å²) >= 11 is 5.86. The van der Waals surface area contributed by atoms with E-state index in [0.717, 1.165) is 30.0 Å². The number of aryl methyl sites for hydroxylation is 1. The molecule has 1 heterocycles. The van der Waals surface area contributed by atoms with E-state index in [1.807, 2.05) is 19.1 Å². The lowest BCUT2D eigenvalue weighted by Crippen LogP contribution is -2.16. The van der Waals surface area contributed by atoms with Crippen molar-refractivity contribution in [3.05, 3.63) is 23.4 Å². The number of rotatable bonds is 3. The van der Waals surface area contributed by atoms with Gasteiger partial charge in [0.05, 0.1) is 0 Å². The van der Waals surface area contributed by atoms with E-state index < -0.39 is 0 Å². The Kier molecular flexibility index (Phi) is 4.66. The van der Waals surface area contributed by atoms with E-state index in [1.54, 1.807) is 0 Å². The van der Waals surface area contributed by atoms with Crippen molar-refractivity contribution in [1.29, 1.82) is 0 Å². The molecule has 0 radical (unpaired) electrons. The fourth-order valence-corrected chi connectivity index (χ4v) is 2.53. The van der Waals surface area contributed by atoms with Crippen molar-refractivity contribution in [3.63, 3.8) is 0 Å². The van der Waals surface area contributed by atoms with Crippen molar-refractivity contribution in [2.45, 2.75) is 57.4 Å². The molecular weight excluding hydrogens is 234 g/mol. The molecule has 0 bridgehead atoms. The van der Waals surface area contributed by atoms with E-state index in [9.17, 15) is 0 Å². The van der Waals surface area contributed by atoms with Gasteiger partial charge in [-0.3, -0.25) is 0 Å². The van der Waals surface area contributed by atoms with Crippen molar-refractivity contribution >= 4 is 11.6 Å². The third-order valence-corrected chi connectivity index (χ3v) is 3.54. The predicted molar refractivity (Wildman–Crippen MR) is 70.6 cm³/mol. The summed E-state index contributed by atoms with van der Waals surface area (Å²) in [6.45, 7) is 1.98. The molecule has 0 amide bonds. The third kappa shape index (κ3) is 3.88. The zero-order chi connectivity index (χ0) is 12.1. The van der Waals surface area contributed by atoms with Crippen molar-refractivity contribution in [2.75, 3.05) is 0 Å². The first-order valence-corrected chi connectivity index (χ1v) is 7.01. The Labute approximate surface area is 108 Å². The normalized spacial score (nSPS) is 17.8. The molecule has 1 saturated carbocycles. The van der Waals surface area contributed by atoms with Gasteiger partial charge in [0.1, 0.15) is 6.10 Å². The van der Waals surface area contributed by atoms with Crippen LogP contribution in [-0.2, 0) is 5.88 Å². The maximum atomic E-state index is 5.99. The Hall–Kier alpha value is -0.760. The van der Waals surface area contributed by atoms with Crippen LogP contribution in [0.15, 0.2) is 12.1 Å². The van der Waals surface area contributed by atoms with Crippen LogP contribution in [0, 0.1) is 6.92 Å². The summed E-state index contributed by atoms with van der Waals surface area (Å²) in [6, 6.07) is 3.97. The highest BCUT2D eigenvalue weighted by Crippen LogP contribution is 2.23. The molecule has 0 aromatic carbocycles. The van der Waals surface area contributed by atoms with Crippen LogP contribution < -0.4 is 4.74 Å². The minimum atomic E-state index is 0.343. The number of aromatic nitrogens is 1. The molecule has 1 aliphatic carbocycles. The van der Waals surface area contributed by atoms with E-state index in [4.69, 9.17) is 16.3 Å². The number of hydrogen-bond acceptors (Lipinski definition) is 2. The fourth-order valence-electron chi connectivity index (χ4n) is 2.37. The minimum absolute atomic E-state index is 0.343. The van der Waals surface area contributed by atoms with E-state index in [0.29, 0.717) is 12.0 Å². The topological polar surface area (TPSA) is 22.1 Å². The Morgan fingerprint density at radius 3 is 2.59 bits per heavy atom. The van der Waals surface area contributed by atoms with Gasteiger partial charge in [-0.15, -0.1) is 11.6 Å². The molecule has 0 saturated heterocycles. The van der Waals surface area contributed by atoms with Crippen molar-refractivity contribution in [3.8, 4) is 5.88 Å². The second-order valence-corrected chi connectivity index (χ2v) is 5.09.